The molecule has 9 heteroatoms. The first-order valence-corrected chi connectivity index (χ1v) is 11.3. The lowest BCUT2D eigenvalue weighted by Crippen LogP contribution is -2.59. The zero-order chi connectivity index (χ0) is 23.5. The van der Waals surface area contributed by atoms with Crippen LogP contribution in [0.15, 0.2) is 60.1 Å². The molecule has 174 valence electrons. The average Bonchev–Trinajstić information content (AvgIpc) is 3.34. The molecule has 1 aliphatic heterocycles. The molecule has 3 aromatic heterocycles. The Labute approximate surface area is 197 Å². The molecule has 2 aliphatic rings. The van der Waals surface area contributed by atoms with Crippen molar-refractivity contribution in [3.05, 3.63) is 77.6 Å². The van der Waals surface area contributed by atoms with Gasteiger partial charge in [-0.3, -0.25) is 14.8 Å². The molecule has 0 aromatic carbocycles. The molecule has 4 heterocycles. The number of nitrogens with zero attached hydrogens (tertiary/aromatic N) is 5. The van der Waals surface area contributed by atoms with Gasteiger partial charge >= 0.3 is 0 Å². The van der Waals surface area contributed by atoms with Crippen LogP contribution in [0.2, 0.25) is 0 Å². The largest absolute Gasteiger partial charge is 0.404 e. The first-order valence-electron chi connectivity index (χ1n) is 11.3. The lowest BCUT2D eigenvalue weighted by Gasteiger charge is -2.53. The number of hydrogen-bond acceptors (Lipinski definition) is 7. The summed E-state index contributed by atoms with van der Waals surface area (Å²) in [5, 5.41) is 7.41. The fraction of sp³-hybridized carbons (Fsp3) is 0.320. The van der Waals surface area contributed by atoms with E-state index < -0.39 is 0 Å². The van der Waals surface area contributed by atoms with Crippen molar-refractivity contribution in [2.75, 3.05) is 20.3 Å². The summed E-state index contributed by atoms with van der Waals surface area (Å²) in [6.07, 6.45) is 11.0. The van der Waals surface area contributed by atoms with Crippen molar-refractivity contribution in [1.82, 2.24) is 25.1 Å². The van der Waals surface area contributed by atoms with Gasteiger partial charge < -0.3 is 15.8 Å². The Balaban J connectivity index is 1.36. The summed E-state index contributed by atoms with van der Waals surface area (Å²) in [6, 6.07) is 9.69. The SMILES string of the molecule is CN=C/C(=C\N)c1ccc(Cc2cc(C(=O)NC3CC4(COC4)C3)nc(-n3cccn3)c2)cn1. The highest BCUT2D eigenvalue weighted by Gasteiger charge is 2.50. The summed E-state index contributed by atoms with van der Waals surface area (Å²) >= 11 is 0. The van der Waals surface area contributed by atoms with Crippen molar-refractivity contribution in [3.8, 4) is 5.82 Å². The Kier molecular flexibility index (Phi) is 5.93. The molecule has 3 aromatic rings. The standard InChI is InChI=1S/C25H27N7O2/c1-27-14-19(12-26)21-4-3-17(13-28-21)7-18-8-22(31-23(9-18)32-6-2-5-29-32)24(33)30-20-10-25(11-20)15-34-16-25/h2-6,8-9,12-14,20H,7,10-11,15-16,26H2,1H3,(H,30,33)/b19-12+,27-14?. The van der Waals surface area contributed by atoms with Crippen molar-refractivity contribution in [3.63, 3.8) is 0 Å². The molecule has 0 atom stereocenters. The molecule has 1 amide bonds. The third-order valence-corrected chi connectivity index (χ3v) is 6.33. The van der Waals surface area contributed by atoms with E-state index in [0.29, 0.717) is 17.9 Å². The van der Waals surface area contributed by atoms with Gasteiger partial charge in [0.05, 0.1) is 18.9 Å². The number of nitrogens with one attached hydrogen (secondary N) is 1. The predicted octanol–water partition coefficient (Wildman–Crippen LogP) is 2.16. The third-order valence-electron chi connectivity index (χ3n) is 6.33. The number of hydrogen-bond donors (Lipinski definition) is 2. The number of carbonyl (C=O) groups excluding carboxylic acids is 1. The van der Waals surface area contributed by atoms with Gasteiger partial charge in [-0.2, -0.15) is 5.10 Å². The minimum atomic E-state index is -0.166. The maximum Gasteiger partial charge on any atom is 0.270 e. The molecular formula is C25H27N7O2. The molecule has 5 rings (SSSR count). The van der Waals surface area contributed by atoms with E-state index >= 15 is 0 Å². The Morgan fingerprint density at radius 2 is 2.15 bits per heavy atom. The topological polar surface area (TPSA) is 120 Å². The van der Waals surface area contributed by atoms with Gasteiger partial charge in [-0.1, -0.05) is 6.07 Å². The molecular weight excluding hydrogens is 430 g/mol. The molecule has 34 heavy (non-hydrogen) atoms. The van der Waals surface area contributed by atoms with Crippen LogP contribution in [0.25, 0.3) is 11.4 Å². The second-order valence-corrected chi connectivity index (χ2v) is 8.98. The van der Waals surface area contributed by atoms with E-state index in [-0.39, 0.29) is 17.4 Å². The number of aliphatic imine (C=N–C) groups is 1. The molecule has 0 unspecified atom stereocenters. The van der Waals surface area contributed by atoms with Crippen molar-refractivity contribution in [1.29, 1.82) is 0 Å². The van der Waals surface area contributed by atoms with Gasteiger partial charge in [0, 0.05) is 55.1 Å². The maximum atomic E-state index is 13.0. The predicted molar refractivity (Wildman–Crippen MR) is 129 cm³/mol. The second kappa shape index (κ2) is 9.18. The fourth-order valence-electron chi connectivity index (χ4n) is 4.55. The van der Waals surface area contributed by atoms with Crippen LogP contribution >= 0.6 is 0 Å². The number of allylic oxidation sites excluding steroid dienone is 1. The van der Waals surface area contributed by atoms with Crippen LogP contribution in [0.5, 0.6) is 0 Å². The summed E-state index contributed by atoms with van der Waals surface area (Å²) < 4.78 is 6.99. The highest BCUT2D eigenvalue weighted by Crippen LogP contribution is 2.46. The third kappa shape index (κ3) is 4.47. The minimum absolute atomic E-state index is 0.166. The van der Waals surface area contributed by atoms with Crippen LogP contribution in [-0.2, 0) is 11.2 Å². The monoisotopic (exact) mass is 457 g/mol. The summed E-state index contributed by atoms with van der Waals surface area (Å²) in [6.45, 7) is 1.61. The van der Waals surface area contributed by atoms with Gasteiger partial charge in [-0.05, 0) is 54.7 Å². The van der Waals surface area contributed by atoms with Crippen molar-refractivity contribution in [2.45, 2.75) is 25.3 Å². The normalized spacial score (nSPS) is 17.5. The Hall–Kier alpha value is -3.85. The van der Waals surface area contributed by atoms with Crippen LogP contribution in [0, 0.1) is 5.41 Å². The smallest absolute Gasteiger partial charge is 0.270 e. The van der Waals surface area contributed by atoms with E-state index in [1.807, 2.05) is 42.7 Å². The minimum Gasteiger partial charge on any atom is -0.404 e. The van der Waals surface area contributed by atoms with E-state index in [9.17, 15) is 4.79 Å². The second-order valence-electron chi connectivity index (χ2n) is 8.98. The molecule has 2 fully saturated rings. The zero-order valence-corrected chi connectivity index (χ0v) is 19.0. The van der Waals surface area contributed by atoms with Crippen LogP contribution in [0.3, 0.4) is 0 Å². The number of amides is 1. The van der Waals surface area contributed by atoms with Gasteiger partial charge in [0.2, 0.25) is 0 Å². The molecule has 9 nitrogen and oxygen atoms in total. The average molecular weight is 458 g/mol. The van der Waals surface area contributed by atoms with Gasteiger partial charge in [0.25, 0.3) is 5.91 Å². The summed E-state index contributed by atoms with van der Waals surface area (Å²) in [4.78, 5) is 26.1. The number of carbonyl (C=O) groups is 1. The van der Waals surface area contributed by atoms with Crippen molar-refractivity contribution >= 4 is 17.7 Å². The molecule has 1 saturated heterocycles. The number of rotatable bonds is 7. The van der Waals surface area contributed by atoms with Crippen LogP contribution in [-0.4, -0.2) is 58.2 Å². The first-order chi connectivity index (χ1) is 16.6. The Bertz CT molecular complexity index is 1220. The van der Waals surface area contributed by atoms with Crippen molar-refractivity contribution in [2.24, 2.45) is 16.1 Å². The number of ether oxygens (including phenoxy) is 1. The van der Waals surface area contributed by atoms with Crippen LogP contribution in [0.4, 0.5) is 0 Å². The van der Waals surface area contributed by atoms with E-state index in [2.05, 4.69) is 25.4 Å². The van der Waals surface area contributed by atoms with Gasteiger partial charge in [-0.15, -0.1) is 0 Å². The highest BCUT2D eigenvalue weighted by atomic mass is 16.5. The molecule has 3 N–H and O–H groups in total. The quantitative estimate of drug-likeness (QED) is 0.525. The van der Waals surface area contributed by atoms with Crippen molar-refractivity contribution < 1.29 is 9.53 Å². The van der Waals surface area contributed by atoms with E-state index in [0.717, 1.165) is 48.4 Å². The lowest BCUT2D eigenvalue weighted by atomic mass is 9.64. The number of pyridine rings is 2. The highest BCUT2D eigenvalue weighted by molar-refractivity contribution is 6.08. The van der Waals surface area contributed by atoms with E-state index in [1.54, 1.807) is 24.1 Å². The molecule has 0 bridgehead atoms. The Morgan fingerprint density at radius 3 is 2.76 bits per heavy atom. The van der Waals surface area contributed by atoms with Gasteiger partial charge in [0.15, 0.2) is 5.82 Å². The van der Waals surface area contributed by atoms with Crippen LogP contribution < -0.4 is 11.1 Å². The number of aromatic nitrogens is 4. The van der Waals surface area contributed by atoms with Gasteiger partial charge in [-0.25, -0.2) is 9.67 Å². The van der Waals surface area contributed by atoms with E-state index in [4.69, 9.17) is 10.5 Å². The zero-order valence-electron chi connectivity index (χ0n) is 19.0. The van der Waals surface area contributed by atoms with Crippen LogP contribution in [0.1, 0.15) is 40.2 Å². The fourth-order valence-corrected chi connectivity index (χ4v) is 4.55. The summed E-state index contributed by atoms with van der Waals surface area (Å²) in [5.41, 5.74) is 9.80. The molecule has 1 saturated carbocycles. The summed E-state index contributed by atoms with van der Waals surface area (Å²) in [7, 11) is 1.69. The maximum absolute atomic E-state index is 13.0. The molecule has 0 radical (unpaired) electrons. The lowest BCUT2D eigenvalue weighted by molar-refractivity contribution is -0.165. The first kappa shape index (κ1) is 22.0. The molecule has 1 aliphatic carbocycles. The van der Waals surface area contributed by atoms with Gasteiger partial charge in [0.1, 0.15) is 5.69 Å². The van der Waals surface area contributed by atoms with E-state index in [1.165, 1.54) is 6.20 Å². The molecule has 1 spiro atoms. The Morgan fingerprint density at radius 1 is 1.29 bits per heavy atom. The summed E-state index contributed by atoms with van der Waals surface area (Å²) in [5.74, 6) is 0.433. The number of nitrogens with two attached hydrogens (primary N) is 1.